The summed E-state index contributed by atoms with van der Waals surface area (Å²) in [6, 6.07) is 2.00. The van der Waals surface area contributed by atoms with Crippen LogP contribution in [0.15, 0.2) is 0 Å². The Kier molecular flexibility index (Phi) is 5.68. The van der Waals surface area contributed by atoms with Gasteiger partial charge in [-0.3, -0.25) is 4.79 Å². The van der Waals surface area contributed by atoms with Crippen molar-refractivity contribution in [1.29, 1.82) is 5.26 Å². The molecule has 0 saturated carbocycles. The SMILES string of the molecule is CCOC(C)OC(=O)CC(C)(P)C#N. The maximum Gasteiger partial charge on any atom is 0.310 e. The van der Waals surface area contributed by atoms with E-state index in [1.807, 2.05) is 13.0 Å². The van der Waals surface area contributed by atoms with Crippen LogP contribution >= 0.6 is 9.24 Å². The zero-order chi connectivity index (χ0) is 11.2. The summed E-state index contributed by atoms with van der Waals surface area (Å²) in [6.07, 6.45) is -0.502. The standard InChI is InChI=1S/C9H16NO3P/c1-4-12-7(2)13-8(11)5-9(3,14)6-10/h7H,4-5,14H2,1-3H3. The van der Waals surface area contributed by atoms with Crippen LogP contribution in [0.3, 0.4) is 0 Å². The Morgan fingerprint density at radius 2 is 2.29 bits per heavy atom. The average molecular weight is 217 g/mol. The van der Waals surface area contributed by atoms with Crippen molar-refractivity contribution < 1.29 is 14.3 Å². The minimum Gasteiger partial charge on any atom is -0.436 e. The number of rotatable bonds is 5. The fraction of sp³-hybridized carbons (Fsp3) is 0.778. The minimum absolute atomic E-state index is 0.0472. The van der Waals surface area contributed by atoms with E-state index in [-0.39, 0.29) is 6.42 Å². The second-order valence-corrected chi connectivity index (χ2v) is 4.49. The van der Waals surface area contributed by atoms with Crippen LogP contribution in [0.5, 0.6) is 0 Å². The molecule has 0 fully saturated rings. The smallest absolute Gasteiger partial charge is 0.310 e. The molecule has 0 aromatic rings. The van der Waals surface area contributed by atoms with Gasteiger partial charge in [-0.25, -0.2) is 0 Å². The zero-order valence-electron chi connectivity index (χ0n) is 8.74. The quantitative estimate of drug-likeness (QED) is 0.397. The van der Waals surface area contributed by atoms with E-state index in [9.17, 15) is 4.79 Å². The summed E-state index contributed by atoms with van der Waals surface area (Å²) < 4.78 is 9.93. The molecule has 0 aromatic heterocycles. The third-order valence-corrected chi connectivity index (χ3v) is 1.80. The summed E-state index contributed by atoms with van der Waals surface area (Å²) in [6.45, 7) is 5.61. The molecule has 3 unspecified atom stereocenters. The molecule has 0 aliphatic heterocycles. The lowest BCUT2D eigenvalue weighted by Crippen LogP contribution is -2.24. The maximum atomic E-state index is 11.2. The van der Waals surface area contributed by atoms with Gasteiger partial charge in [0.05, 0.1) is 17.6 Å². The molecular weight excluding hydrogens is 201 g/mol. The number of hydrogen-bond acceptors (Lipinski definition) is 4. The predicted molar refractivity (Wildman–Crippen MR) is 55.5 cm³/mol. The van der Waals surface area contributed by atoms with Crippen molar-refractivity contribution >= 4 is 15.2 Å². The number of hydrogen-bond donors (Lipinski definition) is 0. The molecule has 0 heterocycles. The fourth-order valence-electron chi connectivity index (χ4n) is 0.835. The Hall–Kier alpha value is -0.650. The minimum atomic E-state index is -0.761. The summed E-state index contributed by atoms with van der Waals surface area (Å²) in [5.41, 5.74) is 0. The molecule has 0 aliphatic carbocycles. The number of ether oxygens (including phenoxy) is 2. The van der Waals surface area contributed by atoms with Crippen LogP contribution in [0.1, 0.15) is 27.2 Å². The first kappa shape index (κ1) is 13.4. The first-order valence-corrected chi connectivity index (χ1v) is 5.00. The zero-order valence-corrected chi connectivity index (χ0v) is 9.90. The van der Waals surface area contributed by atoms with Crippen molar-refractivity contribution in [3.63, 3.8) is 0 Å². The average Bonchev–Trinajstić information content (AvgIpc) is 2.03. The van der Waals surface area contributed by atoms with Crippen molar-refractivity contribution in [2.75, 3.05) is 6.61 Å². The maximum absolute atomic E-state index is 11.2. The highest BCUT2D eigenvalue weighted by Gasteiger charge is 2.23. The van der Waals surface area contributed by atoms with Crippen LogP contribution in [0.25, 0.3) is 0 Å². The second-order valence-electron chi connectivity index (χ2n) is 3.22. The van der Waals surface area contributed by atoms with Crippen molar-refractivity contribution in [3.05, 3.63) is 0 Å². The van der Waals surface area contributed by atoms with Crippen molar-refractivity contribution in [1.82, 2.24) is 0 Å². The van der Waals surface area contributed by atoms with E-state index >= 15 is 0 Å². The molecule has 0 bridgehead atoms. The Morgan fingerprint density at radius 3 is 2.71 bits per heavy atom. The van der Waals surface area contributed by atoms with Gasteiger partial charge in [-0.2, -0.15) is 5.26 Å². The second kappa shape index (κ2) is 5.95. The summed E-state index contributed by atoms with van der Waals surface area (Å²) in [4.78, 5) is 11.2. The van der Waals surface area contributed by atoms with Gasteiger partial charge in [0.1, 0.15) is 0 Å². The molecule has 0 saturated heterocycles. The van der Waals surface area contributed by atoms with Crippen LogP contribution in [0.4, 0.5) is 0 Å². The molecule has 0 spiro atoms. The normalized spacial score (nSPS) is 16.5. The van der Waals surface area contributed by atoms with E-state index in [1.165, 1.54) is 0 Å². The molecule has 4 nitrogen and oxygen atoms in total. The van der Waals surface area contributed by atoms with Crippen molar-refractivity contribution in [2.45, 2.75) is 38.6 Å². The van der Waals surface area contributed by atoms with Crippen LogP contribution in [-0.4, -0.2) is 24.0 Å². The van der Waals surface area contributed by atoms with E-state index in [1.54, 1.807) is 13.8 Å². The van der Waals surface area contributed by atoms with Crippen LogP contribution in [-0.2, 0) is 14.3 Å². The lowest BCUT2D eigenvalue weighted by molar-refractivity contribution is -0.174. The third-order valence-electron chi connectivity index (χ3n) is 1.47. The van der Waals surface area contributed by atoms with Crippen molar-refractivity contribution in [3.8, 4) is 6.07 Å². The lowest BCUT2D eigenvalue weighted by Gasteiger charge is -2.17. The molecular formula is C9H16NO3P. The molecule has 80 valence electrons. The van der Waals surface area contributed by atoms with Crippen LogP contribution in [0, 0.1) is 11.3 Å². The van der Waals surface area contributed by atoms with Gasteiger partial charge in [0.15, 0.2) is 6.29 Å². The molecule has 3 atom stereocenters. The van der Waals surface area contributed by atoms with Crippen LogP contribution < -0.4 is 0 Å². The number of carbonyl (C=O) groups is 1. The van der Waals surface area contributed by atoms with E-state index in [4.69, 9.17) is 14.7 Å². The van der Waals surface area contributed by atoms with Gasteiger partial charge in [0, 0.05) is 6.61 Å². The molecule has 0 N–H and O–H groups in total. The Balaban J connectivity index is 3.94. The Morgan fingerprint density at radius 1 is 1.71 bits per heavy atom. The number of nitrogens with zero attached hydrogens (tertiary/aromatic N) is 1. The van der Waals surface area contributed by atoms with Gasteiger partial charge in [-0.1, -0.05) is 0 Å². The van der Waals surface area contributed by atoms with Gasteiger partial charge in [-0.05, 0) is 20.8 Å². The Labute approximate surface area is 86.8 Å². The molecule has 0 radical (unpaired) electrons. The first-order valence-electron chi connectivity index (χ1n) is 4.42. The predicted octanol–water partition coefficient (Wildman–Crippen LogP) is 1.46. The lowest BCUT2D eigenvalue weighted by atomic mass is 10.1. The van der Waals surface area contributed by atoms with E-state index in [2.05, 4.69) is 9.24 Å². The van der Waals surface area contributed by atoms with Gasteiger partial charge in [-0.15, -0.1) is 9.24 Å². The Bertz CT molecular complexity index is 235. The molecule has 0 aliphatic rings. The molecule has 14 heavy (non-hydrogen) atoms. The third kappa shape index (κ3) is 5.90. The number of esters is 1. The number of carbonyl (C=O) groups excluding carboxylic acids is 1. The van der Waals surface area contributed by atoms with Crippen LogP contribution in [0.2, 0.25) is 0 Å². The summed E-state index contributed by atoms with van der Waals surface area (Å²) in [5, 5.41) is 7.91. The molecule has 5 heteroatoms. The molecule has 0 aromatic carbocycles. The van der Waals surface area contributed by atoms with Gasteiger partial charge < -0.3 is 9.47 Å². The summed E-state index contributed by atoms with van der Waals surface area (Å²) in [5.74, 6) is -0.426. The van der Waals surface area contributed by atoms with Gasteiger partial charge in [0.25, 0.3) is 0 Å². The molecule has 0 amide bonds. The summed E-state index contributed by atoms with van der Waals surface area (Å²) in [7, 11) is 2.32. The molecule has 0 rings (SSSR count). The highest BCUT2D eigenvalue weighted by Crippen LogP contribution is 2.21. The topological polar surface area (TPSA) is 59.3 Å². The first-order chi connectivity index (χ1) is 6.41. The monoisotopic (exact) mass is 217 g/mol. The largest absolute Gasteiger partial charge is 0.436 e. The highest BCUT2D eigenvalue weighted by molar-refractivity contribution is 7.19. The van der Waals surface area contributed by atoms with E-state index in [0.29, 0.717) is 6.61 Å². The van der Waals surface area contributed by atoms with Gasteiger partial charge in [0.2, 0.25) is 0 Å². The fourth-order valence-corrected chi connectivity index (χ4v) is 1.00. The van der Waals surface area contributed by atoms with E-state index in [0.717, 1.165) is 0 Å². The van der Waals surface area contributed by atoms with Gasteiger partial charge >= 0.3 is 5.97 Å². The van der Waals surface area contributed by atoms with E-state index < -0.39 is 17.4 Å². The summed E-state index contributed by atoms with van der Waals surface area (Å²) >= 11 is 0. The number of nitriles is 1. The van der Waals surface area contributed by atoms with Crippen molar-refractivity contribution in [2.24, 2.45) is 0 Å². The highest BCUT2D eigenvalue weighted by atomic mass is 31.0.